The van der Waals surface area contributed by atoms with Crippen LogP contribution in [0.25, 0.3) is 0 Å². The molecular weight excluding hydrogens is 250 g/mol. The second-order valence-corrected chi connectivity index (χ2v) is 4.50. The van der Waals surface area contributed by atoms with Crippen LogP contribution < -0.4 is 5.32 Å². The molecule has 0 aliphatic carbocycles. The summed E-state index contributed by atoms with van der Waals surface area (Å²) in [4.78, 5) is 11.2. The lowest BCUT2D eigenvalue weighted by molar-refractivity contribution is -0.136. The molecule has 0 saturated carbocycles. The maximum Gasteiger partial charge on any atom is 0.333 e. The SMILES string of the molecule is COC(=O)/C(C)=C/CN[C@@H](C)c1ccc(Cl)cc1. The predicted molar refractivity (Wildman–Crippen MR) is 73.6 cm³/mol. The Morgan fingerprint density at radius 2 is 2.06 bits per heavy atom. The Balaban J connectivity index is 2.49. The van der Waals surface area contributed by atoms with Crippen LogP contribution in [0.1, 0.15) is 25.5 Å². The fourth-order valence-electron chi connectivity index (χ4n) is 1.50. The number of esters is 1. The summed E-state index contributed by atoms with van der Waals surface area (Å²) in [5.74, 6) is -0.295. The third-order valence-corrected chi connectivity index (χ3v) is 2.96. The van der Waals surface area contributed by atoms with Crippen molar-refractivity contribution in [3.8, 4) is 0 Å². The van der Waals surface area contributed by atoms with Crippen LogP contribution in [0, 0.1) is 0 Å². The summed E-state index contributed by atoms with van der Waals surface area (Å²) in [6, 6.07) is 7.90. The number of carbonyl (C=O) groups is 1. The Morgan fingerprint density at radius 3 is 2.61 bits per heavy atom. The molecule has 18 heavy (non-hydrogen) atoms. The number of methoxy groups -OCH3 is 1. The van der Waals surface area contributed by atoms with Gasteiger partial charge in [0, 0.05) is 23.2 Å². The molecule has 3 nitrogen and oxygen atoms in total. The van der Waals surface area contributed by atoms with E-state index in [1.54, 1.807) is 6.92 Å². The third kappa shape index (κ3) is 4.51. The first-order valence-electron chi connectivity index (χ1n) is 5.78. The molecular formula is C14H18ClNO2. The smallest absolute Gasteiger partial charge is 0.333 e. The molecule has 0 aromatic heterocycles. The van der Waals surface area contributed by atoms with Crippen LogP contribution in [0.4, 0.5) is 0 Å². The van der Waals surface area contributed by atoms with Crippen molar-refractivity contribution in [3.05, 3.63) is 46.5 Å². The van der Waals surface area contributed by atoms with E-state index in [2.05, 4.69) is 17.0 Å². The first-order chi connectivity index (χ1) is 8.54. The number of hydrogen-bond donors (Lipinski definition) is 1. The van der Waals surface area contributed by atoms with Crippen LogP contribution in [0.3, 0.4) is 0 Å². The Bertz CT molecular complexity index is 426. The largest absolute Gasteiger partial charge is 0.466 e. The van der Waals surface area contributed by atoms with Crippen LogP contribution >= 0.6 is 11.6 Å². The van der Waals surface area contributed by atoms with Crippen LogP contribution in [-0.4, -0.2) is 19.6 Å². The Hall–Kier alpha value is -1.32. The molecule has 0 unspecified atom stereocenters. The van der Waals surface area contributed by atoms with Gasteiger partial charge in [0.05, 0.1) is 7.11 Å². The van der Waals surface area contributed by atoms with Crippen molar-refractivity contribution in [2.45, 2.75) is 19.9 Å². The molecule has 1 aromatic rings. The van der Waals surface area contributed by atoms with Crippen molar-refractivity contribution >= 4 is 17.6 Å². The van der Waals surface area contributed by atoms with Gasteiger partial charge in [-0.25, -0.2) is 4.79 Å². The highest BCUT2D eigenvalue weighted by molar-refractivity contribution is 6.30. The maximum atomic E-state index is 11.2. The van der Waals surface area contributed by atoms with Crippen molar-refractivity contribution in [3.63, 3.8) is 0 Å². The van der Waals surface area contributed by atoms with Gasteiger partial charge in [-0.05, 0) is 31.5 Å². The third-order valence-electron chi connectivity index (χ3n) is 2.71. The second kappa shape index (κ2) is 7.19. The quantitative estimate of drug-likeness (QED) is 0.658. The van der Waals surface area contributed by atoms with Gasteiger partial charge < -0.3 is 10.1 Å². The standard InChI is InChI=1S/C14H18ClNO2/c1-10(14(17)18-3)8-9-16-11(2)12-4-6-13(15)7-5-12/h4-8,11,16H,9H2,1-3H3/b10-8+/t11-/m0/s1. The second-order valence-electron chi connectivity index (χ2n) is 4.06. The minimum Gasteiger partial charge on any atom is -0.466 e. The van der Waals surface area contributed by atoms with E-state index in [-0.39, 0.29) is 12.0 Å². The van der Waals surface area contributed by atoms with Crippen molar-refractivity contribution in [1.82, 2.24) is 5.32 Å². The van der Waals surface area contributed by atoms with Crippen molar-refractivity contribution in [2.24, 2.45) is 0 Å². The summed E-state index contributed by atoms with van der Waals surface area (Å²) in [6.07, 6.45) is 1.82. The topological polar surface area (TPSA) is 38.3 Å². The van der Waals surface area contributed by atoms with Crippen LogP contribution in [-0.2, 0) is 9.53 Å². The van der Waals surface area contributed by atoms with Gasteiger partial charge in [-0.3, -0.25) is 0 Å². The Morgan fingerprint density at radius 1 is 1.44 bits per heavy atom. The number of hydrogen-bond acceptors (Lipinski definition) is 3. The summed E-state index contributed by atoms with van der Waals surface area (Å²) in [6.45, 7) is 4.41. The van der Waals surface area contributed by atoms with Crippen molar-refractivity contribution in [2.75, 3.05) is 13.7 Å². The van der Waals surface area contributed by atoms with Gasteiger partial charge in [0.1, 0.15) is 0 Å². The van der Waals surface area contributed by atoms with Gasteiger partial charge in [0.2, 0.25) is 0 Å². The minimum absolute atomic E-state index is 0.198. The molecule has 0 aliphatic heterocycles. The first-order valence-corrected chi connectivity index (χ1v) is 6.16. The summed E-state index contributed by atoms with van der Waals surface area (Å²) >= 11 is 5.83. The van der Waals surface area contributed by atoms with E-state index < -0.39 is 0 Å². The molecule has 1 N–H and O–H groups in total. The lowest BCUT2D eigenvalue weighted by Crippen LogP contribution is -2.19. The van der Waals surface area contributed by atoms with E-state index in [1.165, 1.54) is 7.11 Å². The van der Waals surface area contributed by atoms with Gasteiger partial charge in [-0.15, -0.1) is 0 Å². The number of ether oxygens (including phenoxy) is 1. The van der Waals surface area contributed by atoms with Gasteiger partial charge in [-0.2, -0.15) is 0 Å². The molecule has 98 valence electrons. The number of rotatable bonds is 5. The summed E-state index contributed by atoms with van der Waals surface area (Å²) in [5, 5.41) is 4.03. The zero-order valence-corrected chi connectivity index (χ0v) is 11.6. The number of nitrogens with one attached hydrogen (secondary N) is 1. The number of halogens is 1. The van der Waals surface area contributed by atoms with E-state index in [9.17, 15) is 4.79 Å². The molecule has 0 saturated heterocycles. The zero-order valence-electron chi connectivity index (χ0n) is 10.9. The number of benzene rings is 1. The highest BCUT2D eigenvalue weighted by atomic mass is 35.5. The van der Waals surface area contributed by atoms with Gasteiger partial charge in [0.15, 0.2) is 0 Å². The summed E-state index contributed by atoms with van der Waals surface area (Å²) < 4.78 is 4.62. The molecule has 4 heteroatoms. The average molecular weight is 268 g/mol. The molecule has 1 aromatic carbocycles. The Kier molecular flexibility index (Phi) is 5.89. The maximum absolute atomic E-state index is 11.2. The first kappa shape index (κ1) is 14.7. The van der Waals surface area contributed by atoms with E-state index >= 15 is 0 Å². The summed E-state index contributed by atoms with van der Waals surface area (Å²) in [7, 11) is 1.38. The van der Waals surface area contributed by atoms with Crippen molar-refractivity contribution < 1.29 is 9.53 Å². The normalized spacial score (nSPS) is 13.2. The zero-order chi connectivity index (χ0) is 13.5. The highest BCUT2D eigenvalue weighted by Gasteiger charge is 2.05. The van der Waals surface area contributed by atoms with Gasteiger partial charge in [0.25, 0.3) is 0 Å². The molecule has 0 bridgehead atoms. The lowest BCUT2D eigenvalue weighted by Gasteiger charge is -2.13. The minimum atomic E-state index is -0.295. The molecule has 0 heterocycles. The molecule has 0 fully saturated rings. The monoisotopic (exact) mass is 267 g/mol. The predicted octanol–water partition coefficient (Wildman–Crippen LogP) is 3.11. The molecule has 0 radical (unpaired) electrons. The average Bonchev–Trinajstić information content (AvgIpc) is 2.38. The van der Waals surface area contributed by atoms with Gasteiger partial charge >= 0.3 is 5.97 Å². The van der Waals surface area contributed by atoms with Crippen LogP contribution in [0.2, 0.25) is 5.02 Å². The molecule has 1 atom stereocenters. The number of carbonyl (C=O) groups excluding carboxylic acids is 1. The van der Waals surface area contributed by atoms with E-state index in [4.69, 9.17) is 11.6 Å². The van der Waals surface area contributed by atoms with E-state index in [1.807, 2.05) is 30.3 Å². The lowest BCUT2D eigenvalue weighted by atomic mass is 10.1. The molecule has 0 aliphatic rings. The van der Waals surface area contributed by atoms with Crippen LogP contribution in [0.5, 0.6) is 0 Å². The van der Waals surface area contributed by atoms with E-state index in [0.717, 1.165) is 10.6 Å². The fraction of sp³-hybridized carbons (Fsp3) is 0.357. The summed E-state index contributed by atoms with van der Waals surface area (Å²) in [5.41, 5.74) is 1.76. The molecule has 1 rings (SSSR count). The van der Waals surface area contributed by atoms with Crippen molar-refractivity contribution in [1.29, 1.82) is 0 Å². The Labute approximate surface area is 113 Å². The van der Waals surface area contributed by atoms with Crippen LogP contribution in [0.15, 0.2) is 35.9 Å². The fourth-order valence-corrected chi connectivity index (χ4v) is 1.63. The van der Waals surface area contributed by atoms with E-state index in [0.29, 0.717) is 12.1 Å². The molecule has 0 spiro atoms. The highest BCUT2D eigenvalue weighted by Crippen LogP contribution is 2.15. The van der Waals surface area contributed by atoms with Gasteiger partial charge in [-0.1, -0.05) is 29.8 Å². The molecule has 0 amide bonds.